The smallest absolute Gasteiger partial charge is 0.308 e. The fourth-order valence-electron chi connectivity index (χ4n) is 2.74. The highest BCUT2D eigenvalue weighted by molar-refractivity contribution is 6.11. The Morgan fingerprint density at radius 1 is 1.29 bits per heavy atom. The second-order valence-electron chi connectivity index (χ2n) is 5.60. The number of carbonyl (C=O) groups excluding carboxylic acids is 3. The van der Waals surface area contributed by atoms with Crippen LogP contribution in [0.2, 0.25) is 0 Å². The van der Waals surface area contributed by atoms with Crippen LogP contribution in [0.25, 0.3) is 0 Å². The van der Waals surface area contributed by atoms with E-state index in [-0.39, 0.29) is 23.5 Å². The molecular formula is C17H20O4. The van der Waals surface area contributed by atoms with Crippen LogP contribution in [0.4, 0.5) is 0 Å². The quantitative estimate of drug-likeness (QED) is 0.474. The maximum Gasteiger partial charge on any atom is 0.308 e. The number of carbonyl (C=O) groups is 3. The molecular weight excluding hydrogens is 268 g/mol. The molecule has 21 heavy (non-hydrogen) atoms. The third kappa shape index (κ3) is 3.57. The van der Waals surface area contributed by atoms with E-state index in [4.69, 9.17) is 4.74 Å². The fourth-order valence-corrected chi connectivity index (χ4v) is 2.74. The van der Waals surface area contributed by atoms with Crippen molar-refractivity contribution >= 4 is 17.5 Å². The first-order chi connectivity index (χ1) is 10.0. The van der Waals surface area contributed by atoms with Crippen molar-refractivity contribution in [3.05, 3.63) is 35.4 Å². The van der Waals surface area contributed by atoms with Crippen molar-refractivity contribution < 1.29 is 19.1 Å². The van der Waals surface area contributed by atoms with Crippen molar-refractivity contribution in [1.82, 2.24) is 0 Å². The van der Waals surface area contributed by atoms with Gasteiger partial charge in [-0.2, -0.15) is 0 Å². The summed E-state index contributed by atoms with van der Waals surface area (Å²) in [5.74, 6) is -0.932. The van der Waals surface area contributed by atoms with Crippen LogP contribution in [-0.2, 0) is 20.7 Å². The van der Waals surface area contributed by atoms with Gasteiger partial charge in [-0.25, -0.2) is 0 Å². The number of methoxy groups -OCH3 is 1. The molecule has 0 saturated heterocycles. The second kappa shape index (κ2) is 6.66. The lowest BCUT2D eigenvalue weighted by Crippen LogP contribution is -2.19. The Hall–Kier alpha value is -1.97. The normalized spacial score (nSPS) is 19.3. The maximum atomic E-state index is 12.3. The minimum absolute atomic E-state index is 0.0587. The van der Waals surface area contributed by atoms with Gasteiger partial charge < -0.3 is 4.74 Å². The Labute approximate surface area is 124 Å². The molecule has 1 aromatic rings. The Kier molecular flexibility index (Phi) is 4.89. The van der Waals surface area contributed by atoms with E-state index in [2.05, 4.69) is 0 Å². The summed E-state index contributed by atoms with van der Waals surface area (Å²) < 4.78 is 4.69. The maximum absolute atomic E-state index is 12.3. The van der Waals surface area contributed by atoms with Crippen LogP contribution in [0.3, 0.4) is 0 Å². The van der Waals surface area contributed by atoms with Gasteiger partial charge in [-0.15, -0.1) is 0 Å². The van der Waals surface area contributed by atoms with Gasteiger partial charge in [-0.3, -0.25) is 14.4 Å². The summed E-state index contributed by atoms with van der Waals surface area (Å²) in [6.07, 6.45) is 2.57. The van der Waals surface area contributed by atoms with Crippen LogP contribution in [0, 0.1) is 11.8 Å². The molecule has 4 nitrogen and oxygen atoms in total. The summed E-state index contributed by atoms with van der Waals surface area (Å²) in [6.45, 7) is 1.81. The zero-order chi connectivity index (χ0) is 15.4. The van der Waals surface area contributed by atoms with E-state index in [1.807, 2.05) is 19.1 Å². The van der Waals surface area contributed by atoms with E-state index < -0.39 is 5.92 Å². The number of Topliss-reactive ketones (excluding diaryl/α,β-unsaturated/α-hetero) is 2. The minimum atomic E-state index is -0.454. The highest BCUT2D eigenvalue weighted by Gasteiger charge is 2.31. The molecule has 0 radical (unpaired) electrons. The van der Waals surface area contributed by atoms with E-state index in [0.717, 1.165) is 12.0 Å². The predicted molar refractivity (Wildman–Crippen MR) is 78.0 cm³/mol. The van der Waals surface area contributed by atoms with Crippen LogP contribution in [0.1, 0.15) is 42.1 Å². The summed E-state index contributed by atoms with van der Waals surface area (Å²) in [4.78, 5) is 35.3. The van der Waals surface area contributed by atoms with Crippen LogP contribution >= 0.6 is 0 Å². The van der Waals surface area contributed by atoms with Crippen LogP contribution in [0.5, 0.6) is 0 Å². The predicted octanol–water partition coefficient (Wildman–Crippen LogP) is 2.59. The topological polar surface area (TPSA) is 60.4 Å². The first kappa shape index (κ1) is 15.4. The van der Waals surface area contributed by atoms with Crippen molar-refractivity contribution in [2.24, 2.45) is 11.8 Å². The van der Waals surface area contributed by atoms with Gasteiger partial charge in [-0.05, 0) is 24.8 Å². The number of ether oxygens (including phenoxy) is 1. The SMILES string of the molecule is COC(=O)C(C)Cc1ccc(C(=O)C2CCCC2=O)cc1. The molecule has 2 unspecified atom stereocenters. The fraction of sp³-hybridized carbons (Fsp3) is 0.471. The molecule has 0 aliphatic heterocycles. The molecule has 2 atom stereocenters. The summed E-state index contributed by atoms with van der Waals surface area (Å²) >= 11 is 0. The van der Waals surface area contributed by atoms with Gasteiger partial charge in [0.1, 0.15) is 5.78 Å². The number of ketones is 2. The van der Waals surface area contributed by atoms with Crippen LogP contribution in [0.15, 0.2) is 24.3 Å². The number of hydrogen-bond acceptors (Lipinski definition) is 4. The molecule has 1 fully saturated rings. The number of benzene rings is 1. The van der Waals surface area contributed by atoms with Crippen LogP contribution < -0.4 is 0 Å². The molecule has 4 heteroatoms. The van der Waals surface area contributed by atoms with E-state index in [9.17, 15) is 14.4 Å². The highest BCUT2D eigenvalue weighted by Crippen LogP contribution is 2.25. The number of esters is 1. The van der Waals surface area contributed by atoms with Crippen molar-refractivity contribution in [2.75, 3.05) is 7.11 Å². The number of hydrogen-bond donors (Lipinski definition) is 0. The molecule has 2 rings (SSSR count). The van der Waals surface area contributed by atoms with E-state index in [0.29, 0.717) is 24.8 Å². The van der Waals surface area contributed by atoms with Crippen molar-refractivity contribution in [3.8, 4) is 0 Å². The van der Waals surface area contributed by atoms with Crippen molar-refractivity contribution in [1.29, 1.82) is 0 Å². The third-order valence-electron chi connectivity index (χ3n) is 4.01. The largest absolute Gasteiger partial charge is 0.469 e. The summed E-state index contributed by atoms with van der Waals surface area (Å²) in [5, 5.41) is 0. The minimum Gasteiger partial charge on any atom is -0.469 e. The molecule has 0 amide bonds. The highest BCUT2D eigenvalue weighted by atomic mass is 16.5. The zero-order valence-electron chi connectivity index (χ0n) is 12.4. The molecule has 0 aromatic heterocycles. The van der Waals surface area contributed by atoms with Crippen molar-refractivity contribution in [2.45, 2.75) is 32.6 Å². The van der Waals surface area contributed by atoms with Crippen molar-refractivity contribution in [3.63, 3.8) is 0 Å². The molecule has 0 bridgehead atoms. The van der Waals surface area contributed by atoms with Gasteiger partial charge >= 0.3 is 5.97 Å². The molecule has 112 valence electrons. The van der Waals surface area contributed by atoms with Gasteiger partial charge in [0.2, 0.25) is 0 Å². The summed E-state index contributed by atoms with van der Waals surface area (Å²) in [5.41, 5.74) is 1.55. The lowest BCUT2D eigenvalue weighted by Gasteiger charge is -2.10. The standard InChI is InChI=1S/C17H20O4/c1-11(17(20)21-2)10-12-6-8-13(9-7-12)16(19)14-4-3-5-15(14)18/h6-9,11,14H,3-5,10H2,1-2H3. The lowest BCUT2D eigenvalue weighted by molar-refractivity contribution is -0.144. The number of rotatable bonds is 5. The average molecular weight is 288 g/mol. The molecule has 1 aliphatic rings. The zero-order valence-corrected chi connectivity index (χ0v) is 12.4. The molecule has 1 saturated carbocycles. The van der Waals surface area contributed by atoms with E-state index in [1.165, 1.54) is 7.11 Å². The van der Waals surface area contributed by atoms with Gasteiger partial charge in [0.15, 0.2) is 5.78 Å². The first-order valence-corrected chi connectivity index (χ1v) is 7.26. The molecule has 0 spiro atoms. The monoisotopic (exact) mass is 288 g/mol. The Morgan fingerprint density at radius 3 is 2.48 bits per heavy atom. The lowest BCUT2D eigenvalue weighted by atomic mass is 9.93. The summed E-state index contributed by atoms with van der Waals surface area (Å²) in [6, 6.07) is 7.17. The Balaban J connectivity index is 2.03. The molecule has 1 aliphatic carbocycles. The first-order valence-electron chi connectivity index (χ1n) is 7.26. The molecule has 0 heterocycles. The third-order valence-corrected chi connectivity index (χ3v) is 4.01. The van der Waals surface area contributed by atoms with Gasteiger partial charge in [-0.1, -0.05) is 31.2 Å². The Bertz CT molecular complexity index is 544. The Morgan fingerprint density at radius 2 is 1.95 bits per heavy atom. The van der Waals surface area contributed by atoms with E-state index >= 15 is 0 Å². The second-order valence-corrected chi connectivity index (χ2v) is 5.60. The molecule has 0 N–H and O–H groups in total. The summed E-state index contributed by atoms with van der Waals surface area (Å²) in [7, 11) is 1.37. The average Bonchev–Trinajstić information content (AvgIpc) is 2.92. The van der Waals surface area contributed by atoms with Gasteiger partial charge in [0.05, 0.1) is 18.9 Å². The van der Waals surface area contributed by atoms with Crippen LogP contribution in [-0.4, -0.2) is 24.6 Å². The van der Waals surface area contributed by atoms with E-state index in [1.54, 1.807) is 12.1 Å². The van der Waals surface area contributed by atoms with Gasteiger partial charge in [0, 0.05) is 12.0 Å². The van der Waals surface area contributed by atoms with Gasteiger partial charge in [0.25, 0.3) is 0 Å². The molecule has 1 aromatic carbocycles.